The average molecular weight is 359 g/mol. The maximum absolute atomic E-state index is 11.6. The van der Waals surface area contributed by atoms with Crippen LogP contribution in [-0.2, 0) is 0 Å². The van der Waals surface area contributed by atoms with Crippen molar-refractivity contribution in [3.05, 3.63) is 42.0 Å². The number of nitrogen functional groups attached to an aromatic ring is 1. The van der Waals surface area contributed by atoms with Gasteiger partial charge < -0.3 is 31.8 Å². The van der Waals surface area contributed by atoms with E-state index in [1.165, 1.54) is 6.07 Å². The zero-order chi connectivity index (χ0) is 18.9. The number of carboxylic acids is 1. The summed E-state index contributed by atoms with van der Waals surface area (Å²) in [6.07, 6.45) is 1.29. The quantitative estimate of drug-likeness (QED) is 0.377. The summed E-state index contributed by atoms with van der Waals surface area (Å²) in [5.74, 6) is -0.337. The van der Waals surface area contributed by atoms with Crippen molar-refractivity contribution in [3.8, 4) is 22.6 Å². The van der Waals surface area contributed by atoms with Crippen LogP contribution in [-0.4, -0.2) is 37.4 Å². The summed E-state index contributed by atoms with van der Waals surface area (Å²) in [4.78, 5) is 11.6. The SMILES string of the molecule is NCCCOc1cc(-c2ccc(N)cc2)c(OCCCN)cc1C(=O)O. The molecule has 2 rings (SSSR count). The van der Waals surface area contributed by atoms with Gasteiger partial charge in [0.25, 0.3) is 0 Å². The minimum absolute atomic E-state index is 0.0453. The van der Waals surface area contributed by atoms with Crippen LogP contribution in [0, 0.1) is 0 Å². The van der Waals surface area contributed by atoms with E-state index in [-0.39, 0.29) is 11.3 Å². The van der Waals surface area contributed by atoms with Gasteiger partial charge in [0.1, 0.15) is 17.1 Å². The Kier molecular flexibility index (Phi) is 7.25. The van der Waals surface area contributed by atoms with E-state index in [2.05, 4.69) is 0 Å². The Hall–Kier alpha value is -2.77. The van der Waals surface area contributed by atoms with Crippen LogP contribution in [0.3, 0.4) is 0 Å². The van der Waals surface area contributed by atoms with Crippen molar-refractivity contribution >= 4 is 11.7 Å². The van der Waals surface area contributed by atoms with Gasteiger partial charge in [-0.2, -0.15) is 0 Å². The third-order valence-corrected chi connectivity index (χ3v) is 3.75. The van der Waals surface area contributed by atoms with Crippen LogP contribution in [0.25, 0.3) is 11.1 Å². The van der Waals surface area contributed by atoms with Crippen molar-refractivity contribution in [2.45, 2.75) is 12.8 Å². The molecule has 0 aliphatic heterocycles. The van der Waals surface area contributed by atoms with Gasteiger partial charge in [0.2, 0.25) is 0 Å². The first-order valence-corrected chi connectivity index (χ1v) is 8.49. The van der Waals surface area contributed by atoms with Gasteiger partial charge in [-0.25, -0.2) is 4.79 Å². The minimum Gasteiger partial charge on any atom is -0.493 e. The lowest BCUT2D eigenvalue weighted by Gasteiger charge is -2.16. The minimum atomic E-state index is -1.08. The summed E-state index contributed by atoms with van der Waals surface area (Å²) in [6, 6.07) is 10.4. The number of aromatic carboxylic acids is 1. The van der Waals surface area contributed by atoms with Gasteiger partial charge >= 0.3 is 5.97 Å². The predicted molar refractivity (Wildman–Crippen MR) is 102 cm³/mol. The van der Waals surface area contributed by atoms with Gasteiger partial charge in [-0.3, -0.25) is 0 Å². The fourth-order valence-corrected chi connectivity index (χ4v) is 2.39. The van der Waals surface area contributed by atoms with E-state index in [0.29, 0.717) is 50.6 Å². The third-order valence-electron chi connectivity index (χ3n) is 3.75. The number of anilines is 1. The van der Waals surface area contributed by atoms with Gasteiger partial charge in [-0.05, 0) is 55.8 Å². The van der Waals surface area contributed by atoms with Crippen molar-refractivity contribution in [1.82, 2.24) is 0 Å². The molecule has 0 aliphatic rings. The lowest BCUT2D eigenvalue weighted by atomic mass is 10.0. The molecule has 0 unspecified atom stereocenters. The molecule has 140 valence electrons. The average Bonchev–Trinajstić information content (AvgIpc) is 2.63. The highest BCUT2D eigenvalue weighted by atomic mass is 16.5. The highest BCUT2D eigenvalue weighted by Crippen LogP contribution is 2.37. The molecule has 0 saturated carbocycles. The smallest absolute Gasteiger partial charge is 0.339 e. The van der Waals surface area contributed by atoms with Crippen molar-refractivity contribution < 1.29 is 19.4 Å². The highest BCUT2D eigenvalue weighted by Gasteiger charge is 2.18. The molecule has 0 heterocycles. The molecule has 0 fully saturated rings. The Balaban J connectivity index is 2.47. The number of carboxylic acid groups (broad SMARTS) is 1. The fourth-order valence-electron chi connectivity index (χ4n) is 2.39. The second kappa shape index (κ2) is 9.65. The molecule has 2 aromatic carbocycles. The molecule has 0 spiro atoms. The number of nitrogens with two attached hydrogens (primary N) is 3. The Morgan fingerprint density at radius 3 is 2.04 bits per heavy atom. The number of rotatable bonds is 10. The molecule has 7 nitrogen and oxygen atoms in total. The number of hydrogen-bond donors (Lipinski definition) is 4. The van der Waals surface area contributed by atoms with E-state index >= 15 is 0 Å². The second-order valence-electron chi connectivity index (χ2n) is 5.75. The summed E-state index contributed by atoms with van der Waals surface area (Å²) in [5.41, 5.74) is 19.0. The molecule has 0 bridgehead atoms. The summed E-state index contributed by atoms with van der Waals surface area (Å²) in [6.45, 7) is 1.69. The first-order chi connectivity index (χ1) is 12.6. The first kappa shape index (κ1) is 19.6. The second-order valence-corrected chi connectivity index (χ2v) is 5.75. The monoisotopic (exact) mass is 359 g/mol. The first-order valence-electron chi connectivity index (χ1n) is 8.49. The van der Waals surface area contributed by atoms with Gasteiger partial charge in [0.15, 0.2) is 0 Å². The van der Waals surface area contributed by atoms with Gasteiger partial charge in [-0.1, -0.05) is 12.1 Å². The van der Waals surface area contributed by atoms with Crippen LogP contribution in [0.1, 0.15) is 23.2 Å². The molecule has 2 aromatic rings. The Morgan fingerprint density at radius 1 is 0.923 bits per heavy atom. The zero-order valence-electron chi connectivity index (χ0n) is 14.6. The van der Waals surface area contributed by atoms with Crippen LogP contribution < -0.4 is 26.7 Å². The van der Waals surface area contributed by atoms with Crippen molar-refractivity contribution in [2.24, 2.45) is 11.5 Å². The maximum atomic E-state index is 11.6. The molecule has 0 radical (unpaired) electrons. The van der Waals surface area contributed by atoms with E-state index in [9.17, 15) is 9.90 Å². The van der Waals surface area contributed by atoms with Crippen LogP contribution in [0.15, 0.2) is 36.4 Å². The predicted octanol–water partition coefficient (Wildman–Crippen LogP) is 2.09. The van der Waals surface area contributed by atoms with Gasteiger partial charge in [0.05, 0.1) is 13.2 Å². The summed E-state index contributed by atoms with van der Waals surface area (Å²) in [5, 5.41) is 9.52. The topological polar surface area (TPSA) is 134 Å². The van der Waals surface area contributed by atoms with E-state index < -0.39 is 5.97 Å². The molecule has 0 aliphatic carbocycles. The molecule has 0 amide bonds. The third kappa shape index (κ3) is 5.11. The van der Waals surface area contributed by atoms with E-state index in [0.717, 1.165) is 11.1 Å². The number of benzene rings is 2. The van der Waals surface area contributed by atoms with Crippen molar-refractivity contribution in [1.29, 1.82) is 0 Å². The molecule has 0 atom stereocenters. The molecule has 7 N–H and O–H groups in total. The lowest BCUT2D eigenvalue weighted by molar-refractivity contribution is 0.0691. The molecule has 0 saturated heterocycles. The maximum Gasteiger partial charge on any atom is 0.339 e. The summed E-state index contributed by atoms with van der Waals surface area (Å²) >= 11 is 0. The largest absolute Gasteiger partial charge is 0.493 e. The molecule has 26 heavy (non-hydrogen) atoms. The van der Waals surface area contributed by atoms with Gasteiger partial charge in [0, 0.05) is 11.3 Å². The van der Waals surface area contributed by atoms with Crippen LogP contribution in [0.2, 0.25) is 0 Å². The van der Waals surface area contributed by atoms with Crippen molar-refractivity contribution in [3.63, 3.8) is 0 Å². The fraction of sp³-hybridized carbons (Fsp3) is 0.316. The van der Waals surface area contributed by atoms with Crippen LogP contribution in [0.4, 0.5) is 5.69 Å². The normalized spacial score (nSPS) is 10.5. The van der Waals surface area contributed by atoms with E-state index in [1.807, 2.05) is 12.1 Å². The molecular formula is C19H25N3O4. The molecule has 7 heteroatoms. The van der Waals surface area contributed by atoms with Gasteiger partial charge in [-0.15, -0.1) is 0 Å². The van der Waals surface area contributed by atoms with E-state index in [4.69, 9.17) is 26.7 Å². The standard InChI is InChI=1S/C19H25N3O4/c20-7-1-9-25-17-12-16(19(23)24)18(26-10-2-8-21)11-15(17)13-3-5-14(22)6-4-13/h3-6,11-12H,1-2,7-10,20-22H2,(H,23,24). The van der Waals surface area contributed by atoms with E-state index in [1.54, 1.807) is 18.2 Å². The van der Waals surface area contributed by atoms with Crippen molar-refractivity contribution in [2.75, 3.05) is 32.0 Å². The molecular weight excluding hydrogens is 334 g/mol. The number of carbonyl (C=O) groups is 1. The number of hydrogen-bond acceptors (Lipinski definition) is 6. The Morgan fingerprint density at radius 2 is 1.50 bits per heavy atom. The number of ether oxygens (including phenoxy) is 2. The Bertz CT molecular complexity index is 732. The Labute approximate surface area is 152 Å². The highest BCUT2D eigenvalue weighted by molar-refractivity contribution is 5.93. The van der Waals surface area contributed by atoms with Crippen LogP contribution in [0.5, 0.6) is 11.5 Å². The molecule has 0 aromatic heterocycles. The zero-order valence-corrected chi connectivity index (χ0v) is 14.6. The summed E-state index contributed by atoms with van der Waals surface area (Å²) < 4.78 is 11.4. The summed E-state index contributed by atoms with van der Waals surface area (Å²) in [7, 11) is 0. The van der Waals surface area contributed by atoms with Crippen LogP contribution >= 0.6 is 0 Å². The lowest BCUT2D eigenvalue weighted by Crippen LogP contribution is -2.10.